The fraction of sp³-hybridized carbons (Fsp3) is 0.0556. The van der Waals surface area contributed by atoms with Gasteiger partial charge in [0.15, 0.2) is 0 Å². The van der Waals surface area contributed by atoms with Crippen LogP contribution in [0.3, 0.4) is 0 Å². The Kier molecular flexibility index (Phi) is 3.56. The molecule has 0 aliphatic heterocycles. The van der Waals surface area contributed by atoms with Gasteiger partial charge in [-0.05, 0) is 48.0 Å². The van der Waals surface area contributed by atoms with Crippen LogP contribution in [-0.4, -0.2) is 25.0 Å². The highest BCUT2D eigenvalue weighted by atomic mass is 16.3. The monoisotopic (exact) mass is 330 g/mol. The maximum atomic E-state index is 9.78. The Bertz CT molecular complexity index is 1040. The van der Waals surface area contributed by atoms with Gasteiger partial charge in [0.2, 0.25) is 0 Å². The molecule has 2 heterocycles. The number of hydrogen-bond acceptors (Lipinski definition) is 5. The van der Waals surface area contributed by atoms with E-state index in [1.807, 2.05) is 29.4 Å². The molecule has 2 aromatic heterocycles. The topological polar surface area (TPSA) is 93.8 Å². The summed E-state index contributed by atoms with van der Waals surface area (Å²) in [7, 11) is 0. The second kappa shape index (κ2) is 6.02. The molecule has 0 fully saturated rings. The standard InChI is InChI=1S/C18H14N6O/c19-8-13-1-3-15(4-2-13)24(23-11-21-22-12-23)10-14-9-20-18-6-5-16(25)7-17(14)18/h1-7,9,11-12,20,25H,10H2. The number of nitriles is 1. The molecule has 7 heteroatoms. The predicted octanol–water partition coefficient (Wildman–Crippen LogP) is 2.81. The van der Waals surface area contributed by atoms with E-state index in [1.54, 1.807) is 41.6 Å². The molecule has 0 amide bonds. The number of rotatable bonds is 4. The number of aromatic nitrogens is 4. The van der Waals surface area contributed by atoms with Gasteiger partial charge in [-0.15, -0.1) is 10.2 Å². The molecule has 25 heavy (non-hydrogen) atoms. The molecule has 2 aromatic carbocycles. The largest absolute Gasteiger partial charge is 0.508 e. The van der Waals surface area contributed by atoms with Gasteiger partial charge in [-0.25, -0.2) is 4.68 Å². The van der Waals surface area contributed by atoms with E-state index in [9.17, 15) is 5.11 Å². The highest BCUT2D eigenvalue weighted by Gasteiger charge is 2.13. The Morgan fingerprint density at radius 2 is 1.88 bits per heavy atom. The molecule has 0 radical (unpaired) electrons. The van der Waals surface area contributed by atoms with Crippen molar-refractivity contribution in [1.29, 1.82) is 5.26 Å². The molecule has 7 nitrogen and oxygen atoms in total. The number of aromatic amines is 1. The normalized spacial score (nSPS) is 10.7. The average molecular weight is 330 g/mol. The van der Waals surface area contributed by atoms with Gasteiger partial charge in [0.05, 0.1) is 23.9 Å². The highest BCUT2D eigenvalue weighted by molar-refractivity contribution is 5.84. The van der Waals surface area contributed by atoms with Gasteiger partial charge in [0.1, 0.15) is 18.4 Å². The molecule has 0 aliphatic carbocycles. The number of anilines is 1. The van der Waals surface area contributed by atoms with Crippen molar-refractivity contribution in [2.45, 2.75) is 6.54 Å². The number of nitrogens with zero attached hydrogens (tertiary/aromatic N) is 5. The number of phenolic OH excluding ortho intramolecular Hbond substituents is 1. The summed E-state index contributed by atoms with van der Waals surface area (Å²) in [5.41, 5.74) is 3.47. The van der Waals surface area contributed by atoms with Crippen LogP contribution in [0.5, 0.6) is 5.75 Å². The first-order valence-electron chi connectivity index (χ1n) is 7.66. The first-order chi connectivity index (χ1) is 12.2. The molecular weight excluding hydrogens is 316 g/mol. The van der Waals surface area contributed by atoms with Crippen molar-refractivity contribution in [2.75, 3.05) is 5.01 Å². The van der Waals surface area contributed by atoms with E-state index in [2.05, 4.69) is 21.3 Å². The van der Waals surface area contributed by atoms with E-state index in [-0.39, 0.29) is 5.75 Å². The zero-order valence-electron chi connectivity index (χ0n) is 13.2. The van der Waals surface area contributed by atoms with Gasteiger partial charge >= 0.3 is 0 Å². The molecule has 0 spiro atoms. The van der Waals surface area contributed by atoms with E-state index >= 15 is 0 Å². The number of H-pyrrole nitrogens is 1. The Balaban J connectivity index is 1.75. The lowest BCUT2D eigenvalue weighted by Gasteiger charge is -2.24. The Hall–Kier alpha value is -3.79. The molecule has 122 valence electrons. The van der Waals surface area contributed by atoms with Crippen LogP contribution in [0.15, 0.2) is 61.3 Å². The third-order valence-corrected chi connectivity index (χ3v) is 4.05. The molecular formula is C18H14N6O. The minimum absolute atomic E-state index is 0.225. The summed E-state index contributed by atoms with van der Waals surface area (Å²) in [6.45, 7) is 0.535. The van der Waals surface area contributed by atoms with E-state index in [1.165, 1.54) is 0 Å². The van der Waals surface area contributed by atoms with Crippen molar-refractivity contribution in [3.63, 3.8) is 0 Å². The van der Waals surface area contributed by atoms with Gasteiger partial charge in [0.25, 0.3) is 0 Å². The van der Waals surface area contributed by atoms with Crippen molar-refractivity contribution in [1.82, 2.24) is 19.9 Å². The number of fused-ring (bicyclic) bond motifs is 1. The van der Waals surface area contributed by atoms with Gasteiger partial charge < -0.3 is 10.1 Å². The first-order valence-corrected chi connectivity index (χ1v) is 7.66. The maximum Gasteiger partial charge on any atom is 0.139 e. The van der Waals surface area contributed by atoms with Crippen LogP contribution in [0.25, 0.3) is 10.9 Å². The van der Waals surface area contributed by atoms with E-state index in [0.717, 1.165) is 22.2 Å². The van der Waals surface area contributed by atoms with Crippen LogP contribution in [0.1, 0.15) is 11.1 Å². The zero-order chi connectivity index (χ0) is 17.2. The van der Waals surface area contributed by atoms with Crippen LogP contribution >= 0.6 is 0 Å². The lowest BCUT2D eigenvalue weighted by Crippen LogP contribution is -2.27. The molecule has 0 saturated heterocycles. The Labute approximate surface area is 143 Å². The molecule has 0 unspecified atom stereocenters. The van der Waals surface area contributed by atoms with E-state index in [0.29, 0.717) is 12.1 Å². The molecule has 0 saturated carbocycles. The zero-order valence-corrected chi connectivity index (χ0v) is 13.2. The van der Waals surface area contributed by atoms with Gasteiger partial charge in [0, 0.05) is 17.1 Å². The summed E-state index contributed by atoms with van der Waals surface area (Å²) in [6, 6.07) is 14.7. The summed E-state index contributed by atoms with van der Waals surface area (Å²) in [6.07, 6.45) is 5.15. The summed E-state index contributed by atoms with van der Waals surface area (Å²) in [5.74, 6) is 0.225. The molecule has 2 N–H and O–H groups in total. The highest BCUT2D eigenvalue weighted by Crippen LogP contribution is 2.26. The van der Waals surface area contributed by atoms with Crippen molar-refractivity contribution in [2.24, 2.45) is 0 Å². The lowest BCUT2D eigenvalue weighted by molar-refractivity contribution is 0.476. The smallest absolute Gasteiger partial charge is 0.139 e. The molecule has 4 rings (SSSR count). The summed E-state index contributed by atoms with van der Waals surface area (Å²) >= 11 is 0. The molecule has 0 aliphatic rings. The van der Waals surface area contributed by atoms with Crippen LogP contribution in [0, 0.1) is 11.3 Å². The quantitative estimate of drug-likeness (QED) is 0.600. The van der Waals surface area contributed by atoms with Crippen molar-refractivity contribution >= 4 is 16.6 Å². The fourth-order valence-electron chi connectivity index (χ4n) is 2.79. The fourth-order valence-corrected chi connectivity index (χ4v) is 2.79. The van der Waals surface area contributed by atoms with Crippen LogP contribution in [-0.2, 0) is 6.54 Å². The number of nitrogens with one attached hydrogen (secondary N) is 1. The van der Waals surface area contributed by atoms with Crippen molar-refractivity contribution < 1.29 is 5.11 Å². The van der Waals surface area contributed by atoms with Gasteiger partial charge in [-0.2, -0.15) is 5.26 Å². The Morgan fingerprint density at radius 1 is 1.12 bits per heavy atom. The van der Waals surface area contributed by atoms with Crippen LogP contribution in [0.2, 0.25) is 0 Å². The van der Waals surface area contributed by atoms with Crippen LogP contribution in [0.4, 0.5) is 5.69 Å². The number of phenols is 1. The maximum absolute atomic E-state index is 9.78. The second-order valence-electron chi connectivity index (χ2n) is 5.60. The molecule has 0 bridgehead atoms. The Morgan fingerprint density at radius 3 is 2.60 bits per heavy atom. The van der Waals surface area contributed by atoms with Crippen LogP contribution < -0.4 is 5.01 Å². The predicted molar refractivity (Wildman–Crippen MR) is 92.7 cm³/mol. The summed E-state index contributed by atoms with van der Waals surface area (Å²) in [5, 5.41) is 29.5. The van der Waals surface area contributed by atoms with E-state index < -0.39 is 0 Å². The number of aromatic hydroxyl groups is 1. The lowest BCUT2D eigenvalue weighted by atomic mass is 10.1. The van der Waals surface area contributed by atoms with Crippen molar-refractivity contribution in [3.05, 3.63) is 72.4 Å². The van der Waals surface area contributed by atoms with Crippen molar-refractivity contribution in [3.8, 4) is 11.8 Å². The van der Waals surface area contributed by atoms with Gasteiger partial charge in [-0.1, -0.05) is 0 Å². The minimum Gasteiger partial charge on any atom is -0.508 e. The third kappa shape index (κ3) is 2.77. The number of hydrogen-bond donors (Lipinski definition) is 2. The third-order valence-electron chi connectivity index (χ3n) is 4.05. The molecule has 4 aromatic rings. The minimum atomic E-state index is 0.225. The average Bonchev–Trinajstić information content (AvgIpc) is 3.30. The van der Waals surface area contributed by atoms with E-state index in [4.69, 9.17) is 5.26 Å². The second-order valence-corrected chi connectivity index (χ2v) is 5.60. The number of benzene rings is 2. The SMILES string of the molecule is N#Cc1ccc(N(Cc2c[nH]c3ccc(O)cc23)n2cnnc2)cc1. The summed E-state index contributed by atoms with van der Waals surface area (Å²) < 4.78 is 1.78. The first kappa shape index (κ1) is 14.8. The summed E-state index contributed by atoms with van der Waals surface area (Å²) in [4.78, 5) is 3.21. The molecule has 0 atom stereocenters. The van der Waals surface area contributed by atoms with Gasteiger partial charge in [-0.3, -0.25) is 5.01 Å².